The maximum absolute atomic E-state index is 5.24. The van der Waals surface area contributed by atoms with E-state index < -0.39 is 0 Å². The van der Waals surface area contributed by atoms with Gasteiger partial charge in [0.25, 0.3) is 0 Å². The first-order chi connectivity index (χ1) is 6.63. The van der Waals surface area contributed by atoms with Crippen molar-refractivity contribution < 1.29 is 4.74 Å². The summed E-state index contributed by atoms with van der Waals surface area (Å²) in [7, 11) is 1.72. The highest BCUT2D eigenvalue weighted by molar-refractivity contribution is 7.99. The predicted molar refractivity (Wildman–Crippen MR) is 61.4 cm³/mol. The number of hydrogen-bond acceptors (Lipinski definition) is 2. The highest BCUT2D eigenvalue weighted by Crippen LogP contribution is 2.42. The molecule has 1 aromatic rings. The Balaban J connectivity index is 2.46. The van der Waals surface area contributed by atoms with Crippen LogP contribution in [-0.2, 0) is 5.41 Å². The minimum atomic E-state index is 0.326. The van der Waals surface area contributed by atoms with E-state index in [4.69, 9.17) is 4.74 Å². The maximum atomic E-state index is 5.24. The minimum Gasteiger partial charge on any atom is -0.497 e. The standard InChI is InChI=1S/C12H16OS/c1-12(2)6-7-14-11-8-9(13-3)4-5-10(11)12/h4-5,8H,6-7H2,1-3H3. The van der Waals surface area contributed by atoms with E-state index in [2.05, 4.69) is 32.0 Å². The predicted octanol–water partition coefficient (Wildman–Crippen LogP) is 3.47. The Kier molecular flexibility index (Phi) is 2.48. The van der Waals surface area contributed by atoms with E-state index in [0.29, 0.717) is 5.41 Å². The van der Waals surface area contributed by atoms with Crippen molar-refractivity contribution in [1.29, 1.82) is 0 Å². The molecule has 1 nitrogen and oxygen atoms in total. The fraction of sp³-hybridized carbons (Fsp3) is 0.500. The van der Waals surface area contributed by atoms with Crippen molar-refractivity contribution in [2.75, 3.05) is 12.9 Å². The maximum Gasteiger partial charge on any atom is 0.119 e. The Labute approximate surface area is 89.9 Å². The Morgan fingerprint density at radius 1 is 1.36 bits per heavy atom. The van der Waals surface area contributed by atoms with Crippen molar-refractivity contribution in [2.45, 2.75) is 30.6 Å². The SMILES string of the molecule is COc1ccc2c(c1)SCCC2(C)C. The van der Waals surface area contributed by atoms with Gasteiger partial charge in [-0.2, -0.15) is 0 Å². The molecule has 0 fully saturated rings. The molecule has 1 heterocycles. The fourth-order valence-corrected chi connectivity index (χ4v) is 3.39. The number of fused-ring (bicyclic) bond motifs is 1. The third-order valence-corrected chi connectivity index (χ3v) is 3.96. The number of methoxy groups -OCH3 is 1. The van der Waals surface area contributed by atoms with Crippen molar-refractivity contribution >= 4 is 11.8 Å². The van der Waals surface area contributed by atoms with E-state index in [1.165, 1.54) is 22.6 Å². The van der Waals surface area contributed by atoms with Gasteiger partial charge >= 0.3 is 0 Å². The number of hydrogen-bond donors (Lipinski definition) is 0. The van der Waals surface area contributed by atoms with Gasteiger partial charge in [0.2, 0.25) is 0 Å². The Morgan fingerprint density at radius 3 is 2.86 bits per heavy atom. The van der Waals surface area contributed by atoms with Crippen LogP contribution in [0.3, 0.4) is 0 Å². The highest BCUT2D eigenvalue weighted by Gasteiger charge is 2.27. The number of benzene rings is 1. The summed E-state index contributed by atoms with van der Waals surface area (Å²) in [5.41, 5.74) is 1.79. The number of rotatable bonds is 1. The summed E-state index contributed by atoms with van der Waals surface area (Å²) >= 11 is 1.94. The van der Waals surface area contributed by atoms with Gasteiger partial charge in [0.15, 0.2) is 0 Å². The molecule has 0 radical (unpaired) electrons. The second-order valence-electron chi connectivity index (χ2n) is 4.34. The van der Waals surface area contributed by atoms with Gasteiger partial charge in [-0.1, -0.05) is 19.9 Å². The second kappa shape index (κ2) is 3.50. The molecular weight excluding hydrogens is 192 g/mol. The molecule has 0 saturated heterocycles. The first-order valence-corrected chi connectivity index (χ1v) is 5.93. The zero-order valence-corrected chi connectivity index (χ0v) is 9.78. The zero-order valence-electron chi connectivity index (χ0n) is 8.96. The molecule has 2 rings (SSSR count). The zero-order chi connectivity index (χ0) is 10.2. The van der Waals surface area contributed by atoms with Gasteiger partial charge in [0.05, 0.1) is 7.11 Å². The molecule has 0 aromatic heterocycles. The van der Waals surface area contributed by atoms with Gasteiger partial charge in [-0.3, -0.25) is 0 Å². The molecule has 1 aliphatic rings. The molecule has 14 heavy (non-hydrogen) atoms. The van der Waals surface area contributed by atoms with Gasteiger partial charge in [-0.25, -0.2) is 0 Å². The smallest absolute Gasteiger partial charge is 0.119 e. The van der Waals surface area contributed by atoms with Gasteiger partial charge in [0, 0.05) is 4.90 Å². The van der Waals surface area contributed by atoms with Gasteiger partial charge in [-0.15, -0.1) is 11.8 Å². The lowest BCUT2D eigenvalue weighted by molar-refractivity contribution is 0.411. The van der Waals surface area contributed by atoms with E-state index in [0.717, 1.165) is 5.75 Å². The Hall–Kier alpha value is -0.630. The average Bonchev–Trinajstić information content (AvgIpc) is 2.16. The van der Waals surface area contributed by atoms with Crippen LogP contribution in [0.2, 0.25) is 0 Å². The van der Waals surface area contributed by atoms with Crippen molar-refractivity contribution in [1.82, 2.24) is 0 Å². The second-order valence-corrected chi connectivity index (χ2v) is 5.48. The van der Waals surface area contributed by atoms with Crippen LogP contribution >= 0.6 is 11.8 Å². The van der Waals surface area contributed by atoms with Crippen LogP contribution in [0.1, 0.15) is 25.8 Å². The molecule has 0 amide bonds. The summed E-state index contributed by atoms with van der Waals surface area (Å²) in [6.07, 6.45) is 1.26. The summed E-state index contributed by atoms with van der Waals surface area (Å²) < 4.78 is 5.24. The summed E-state index contributed by atoms with van der Waals surface area (Å²) in [6, 6.07) is 6.42. The van der Waals surface area contributed by atoms with Crippen molar-refractivity contribution in [2.24, 2.45) is 0 Å². The average molecular weight is 208 g/mol. The molecule has 1 aliphatic heterocycles. The monoisotopic (exact) mass is 208 g/mol. The van der Waals surface area contributed by atoms with Gasteiger partial charge in [-0.05, 0) is 35.3 Å². The summed E-state index contributed by atoms with van der Waals surface area (Å²) in [5, 5.41) is 0. The van der Waals surface area contributed by atoms with Crippen LogP contribution in [0.4, 0.5) is 0 Å². The van der Waals surface area contributed by atoms with Crippen LogP contribution in [0, 0.1) is 0 Å². The lowest BCUT2D eigenvalue weighted by Gasteiger charge is -2.32. The van der Waals surface area contributed by atoms with Gasteiger partial charge in [0.1, 0.15) is 5.75 Å². The summed E-state index contributed by atoms with van der Waals surface area (Å²) in [6.45, 7) is 4.63. The molecule has 0 aliphatic carbocycles. The molecule has 0 N–H and O–H groups in total. The summed E-state index contributed by atoms with van der Waals surface area (Å²) in [5.74, 6) is 2.18. The fourth-order valence-electron chi connectivity index (χ4n) is 1.86. The molecule has 0 spiro atoms. The number of thioether (sulfide) groups is 1. The number of ether oxygens (including phenoxy) is 1. The van der Waals surface area contributed by atoms with Crippen LogP contribution in [-0.4, -0.2) is 12.9 Å². The highest BCUT2D eigenvalue weighted by atomic mass is 32.2. The summed E-state index contributed by atoms with van der Waals surface area (Å²) in [4.78, 5) is 1.39. The van der Waals surface area contributed by atoms with E-state index in [1.807, 2.05) is 11.8 Å². The van der Waals surface area contributed by atoms with E-state index in [1.54, 1.807) is 7.11 Å². The molecule has 0 bridgehead atoms. The topological polar surface area (TPSA) is 9.23 Å². The van der Waals surface area contributed by atoms with Crippen molar-refractivity contribution in [3.05, 3.63) is 23.8 Å². The molecule has 76 valence electrons. The Morgan fingerprint density at radius 2 is 2.14 bits per heavy atom. The first kappa shape index (κ1) is 9.91. The van der Waals surface area contributed by atoms with Crippen molar-refractivity contribution in [3.8, 4) is 5.75 Å². The molecular formula is C12H16OS. The third-order valence-electron chi connectivity index (χ3n) is 2.90. The normalized spacial score (nSPS) is 18.8. The molecule has 1 aromatic carbocycles. The van der Waals surface area contributed by atoms with Gasteiger partial charge < -0.3 is 4.74 Å². The molecule has 0 saturated carbocycles. The quantitative estimate of drug-likeness (QED) is 0.699. The molecule has 2 heteroatoms. The van der Waals surface area contributed by atoms with E-state index in [9.17, 15) is 0 Å². The van der Waals surface area contributed by atoms with E-state index in [-0.39, 0.29) is 0 Å². The lowest BCUT2D eigenvalue weighted by Crippen LogP contribution is -2.22. The molecule has 0 atom stereocenters. The minimum absolute atomic E-state index is 0.326. The Bertz CT molecular complexity index is 344. The van der Waals surface area contributed by atoms with Crippen LogP contribution < -0.4 is 4.74 Å². The largest absolute Gasteiger partial charge is 0.497 e. The molecule has 0 unspecified atom stereocenters. The van der Waals surface area contributed by atoms with Crippen LogP contribution in [0.25, 0.3) is 0 Å². The third kappa shape index (κ3) is 1.63. The van der Waals surface area contributed by atoms with Crippen LogP contribution in [0.5, 0.6) is 5.75 Å². The van der Waals surface area contributed by atoms with E-state index >= 15 is 0 Å². The first-order valence-electron chi connectivity index (χ1n) is 4.95. The lowest BCUT2D eigenvalue weighted by atomic mass is 9.82. The van der Waals surface area contributed by atoms with Crippen molar-refractivity contribution in [3.63, 3.8) is 0 Å². The van der Waals surface area contributed by atoms with Crippen LogP contribution in [0.15, 0.2) is 23.1 Å².